The van der Waals surface area contributed by atoms with Crippen molar-refractivity contribution in [2.24, 2.45) is 11.8 Å². The molecule has 2 aliphatic heterocycles. The maximum atomic E-state index is 3.06. The summed E-state index contributed by atoms with van der Waals surface area (Å²) in [4.78, 5) is 5.93. The average Bonchev–Trinajstić information content (AvgIpc) is 3.10. The van der Waals surface area contributed by atoms with Gasteiger partial charge in [0.2, 0.25) is 0 Å². The lowest BCUT2D eigenvalue weighted by Crippen LogP contribution is -2.63. The van der Waals surface area contributed by atoms with E-state index in [0.717, 1.165) is 30.0 Å². The van der Waals surface area contributed by atoms with Crippen LogP contribution in [0.2, 0.25) is 0 Å². The molecule has 2 heterocycles. The fourth-order valence-electron chi connectivity index (χ4n) is 6.50. The van der Waals surface area contributed by atoms with Crippen LogP contribution in [0.3, 0.4) is 0 Å². The minimum absolute atomic E-state index is 0.912. The second-order valence-corrected chi connectivity index (χ2v) is 8.95. The minimum Gasteiger partial charge on any atom is -0.298 e. The van der Waals surface area contributed by atoms with E-state index in [4.69, 9.17) is 0 Å². The molecule has 0 amide bonds. The van der Waals surface area contributed by atoms with Gasteiger partial charge in [-0.05, 0) is 69.7 Å². The predicted molar refractivity (Wildman–Crippen MR) is 97.7 cm³/mol. The third kappa shape index (κ3) is 3.35. The average molecular weight is 319 g/mol. The highest BCUT2D eigenvalue weighted by atomic mass is 15.3. The molecule has 2 aliphatic carbocycles. The summed E-state index contributed by atoms with van der Waals surface area (Å²) in [5, 5.41) is 0. The predicted octanol–water partition coefficient (Wildman–Crippen LogP) is 4.68. The fraction of sp³-hybridized carbons (Fsp3) is 1.00. The first-order valence-corrected chi connectivity index (χ1v) is 10.9. The van der Waals surface area contributed by atoms with Gasteiger partial charge in [0.1, 0.15) is 0 Å². The molecule has 2 saturated carbocycles. The molecule has 2 saturated heterocycles. The third-order valence-corrected chi connectivity index (χ3v) is 7.83. The number of hydrogen-bond donors (Lipinski definition) is 0. The van der Waals surface area contributed by atoms with Crippen molar-refractivity contribution in [2.45, 2.75) is 102 Å². The van der Waals surface area contributed by atoms with E-state index in [-0.39, 0.29) is 0 Å². The molecule has 0 N–H and O–H groups in total. The van der Waals surface area contributed by atoms with E-state index in [9.17, 15) is 0 Å². The van der Waals surface area contributed by atoms with E-state index in [2.05, 4.69) is 16.7 Å². The van der Waals surface area contributed by atoms with Crippen molar-refractivity contribution in [3.05, 3.63) is 0 Å². The van der Waals surface area contributed by atoms with E-state index < -0.39 is 0 Å². The number of nitrogens with zero attached hydrogens (tertiary/aromatic N) is 2. The van der Waals surface area contributed by atoms with Crippen molar-refractivity contribution in [3.63, 3.8) is 0 Å². The Morgan fingerprint density at radius 2 is 1.52 bits per heavy atom. The largest absolute Gasteiger partial charge is 0.298 e. The maximum Gasteiger partial charge on any atom is 0.0283 e. The summed E-state index contributed by atoms with van der Waals surface area (Å²) in [6.45, 7) is 6.53. The van der Waals surface area contributed by atoms with Gasteiger partial charge in [-0.25, -0.2) is 0 Å². The highest BCUT2D eigenvalue weighted by molar-refractivity contribution is 5.01. The molecule has 4 fully saturated rings. The first-order valence-electron chi connectivity index (χ1n) is 10.9. The van der Waals surface area contributed by atoms with Gasteiger partial charge in [0.25, 0.3) is 0 Å². The Morgan fingerprint density at radius 1 is 0.739 bits per heavy atom. The van der Waals surface area contributed by atoms with E-state index in [0.29, 0.717) is 0 Å². The zero-order valence-electron chi connectivity index (χ0n) is 15.4. The van der Waals surface area contributed by atoms with E-state index >= 15 is 0 Å². The zero-order valence-corrected chi connectivity index (χ0v) is 15.4. The first-order chi connectivity index (χ1) is 11.4. The second kappa shape index (κ2) is 7.44. The highest BCUT2D eigenvalue weighted by Crippen LogP contribution is 2.40. The van der Waals surface area contributed by atoms with Gasteiger partial charge in [-0.15, -0.1) is 0 Å². The van der Waals surface area contributed by atoms with Crippen LogP contribution in [0.5, 0.6) is 0 Å². The van der Waals surface area contributed by atoms with Gasteiger partial charge < -0.3 is 0 Å². The maximum absolute atomic E-state index is 3.06. The van der Waals surface area contributed by atoms with Crippen molar-refractivity contribution < 1.29 is 0 Å². The normalized spacial score (nSPS) is 41.1. The number of rotatable bonds is 3. The smallest absolute Gasteiger partial charge is 0.0283 e. The van der Waals surface area contributed by atoms with Crippen molar-refractivity contribution >= 4 is 0 Å². The summed E-state index contributed by atoms with van der Waals surface area (Å²) in [6.07, 6.45) is 17.9. The van der Waals surface area contributed by atoms with Crippen LogP contribution in [-0.2, 0) is 0 Å². The molecule has 2 unspecified atom stereocenters. The van der Waals surface area contributed by atoms with E-state index in [1.54, 1.807) is 0 Å². The molecule has 0 bridgehead atoms. The lowest BCUT2D eigenvalue weighted by atomic mass is 9.76. The molecule has 2 nitrogen and oxygen atoms in total. The fourth-order valence-corrected chi connectivity index (χ4v) is 6.50. The summed E-state index contributed by atoms with van der Waals surface area (Å²) in [7, 11) is 0. The Balaban J connectivity index is 1.49. The minimum atomic E-state index is 0.912. The monoisotopic (exact) mass is 318 g/mol. The summed E-state index contributed by atoms with van der Waals surface area (Å²) < 4.78 is 0. The quantitative estimate of drug-likeness (QED) is 0.745. The molecular formula is C21H38N2. The summed E-state index contributed by atoms with van der Waals surface area (Å²) >= 11 is 0. The molecule has 4 rings (SSSR count). The SMILES string of the molecule is CCC1CCC(N2CCN3CCCC3C2C2CCCCC2)CC1. The van der Waals surface area contributed by atoms with Gasteiger partial charge in [-0.1, -0.05) is 32.6 Å². The number of piperazine rings is 1. The van der Waals surface area contributed by atoms with Gasteiger partial charge in [0.15, 0.2) is 0 Å². The molecule has 2 atom stereocenters. The van der Waals surface area contributed by atoms with Crippen molar-refractivity contribution in [1.82, 2.24) is 9.80 Å². The molecule has 0 aromatic heterocycles. The van der Waals surface area contributed by atoms with Crippen molar-refractivity contribution in [1.29, 1.82) is 0 Å². The topological polar surface area (TPSA) is 6.48 Å². The Hall–Kier alpha value is -0.0800. The summed E-state index contributed by atoms with van der Waals surface area (Å²) in [5.74, 6) is 2.05. The summed E-state index contributed by atoms with van der Waals surface area (Å²) in [6, 6.07) is 2.75. The van der Waals surface area contributed by atoms with Gasteiger partial charge in [-0.3, -0.25) is 9.80 Å². The number of hydrogen-bond acceptors (Lipinski definition) is 2. The van der Waals surface area contributed by atoms with Crippen LogP contribution < -0.4 is 0 Å². The van der Waals surface area contributed by atoms with Crippen molar-refractivity contribution in [3.8, 4) is 0 Å². The molecule has 0 radical (unpaired) electrons. The molecular weight excluding hydrogens is 280 g/mol. The molecule has 0 aromatic rings. The van der Waals surface area contributed by atoms with Crippen LogP contribution in [0, 0.1) is 11.8 Å². The van der Waals surface area contributed by atoms with Crippen molar-refractivity contribution in [2.75, 3.05) is 19.6 Å². The Kier molecular flexibility index (Phi) is 5.30. The molecule has 0 spiro atoms. The zero-order chi connectivity index (χ0) is 15.6. The van der Waals surface area contributed by atoms with Gasteiger partial charge in [0.05, 0.1) is 0 Å². The van der Waals surface area contributed by atoms with Crippen LogP contribution >= 0.6 is 0 Å². The lowest BCUT2D eigenvalue weighted by molar-refractivity contribution is -0.0358. The van der Waals surface area contributed by atoms with Crippen LogP contribution in [0.4, 0.5) is 0 Å². The standard InChI is InChI=1S/C21H38N2/c1-2-17-10-12-19(13-11-17)23-16-15-22-14-6-9-20(22)21(23)18-7-4-3-5-8-18/h17-21H,2-16H2,1H3. The van der Waals surface area contributed by atoms with E-state index in [1.807, 2.05) is 0 Å². The first kappa shape index (κ1) is 16.4. The second-order valence-electron chi connectivity index (χ2n) is 8.95. The molecule has 2 heteroatoms. The van der Waals surface area contributed by atoms with E-state index in [1.165, 1.54) is 96.7 Å². The number of fused-ring (bicyclic) bond motifs is 1. The van der Waals surface area contributed by atoms with Gasteiger partial charge in [0, 0.05) is 31.2 Å². The lowest BCUT2D eigenvalue weighted by Gasteiger charge is -2.53. The van der Waals surface area contributed by atoms with Gasteiger partial charge >= 0.3 is 0 Å². The highest BCUT2D eigenvalue weighted by Gasteiger charge is 2.45. The molecule has 132 valence electrons. The Morgan fingerprint density at radius 3 is 2.26 bits per heavy atom. The van der Waals surface area contributed by atoms with Crippen LogP contribution in [0.15, 0.2) is 0 Å². The summed E-state index contributed by atoms with van der Waals surface area (Å²) in [5.41, 5.74) is 0. The molecule has 23 heavy (non-hydrogen) atoms. The molecule has 4 aliphatic rings. The van der Waals surface area contributed by atoms with Crippen LogP contribution in [0.25, 0.3) is 0 Å². The van der Waals surface area contributed by atoms with Gasteiger partial charge in [-0.2, -0.15) is 0 Å². The van der Waals surface area contributed by atoms with Crippen LogP contribution in [-0.4, -0.2) is 47.6 Å². The van der Waals surface area contributed by atoms with Crippen LogP contribution in [0.1, 0.15) is 84.0 Å². The molecule has 0 aromatic carbocycles. The Bertz CT molecular complexity index is 368. The third-order valence-electron chi connectivity index (χ3n) is 7.83. The Labute approximate surface area is 144 Å².